The Morgan fingerprint density at radius 2 is 2.16 bits per heavy atom. The molecule has 2 nitrogen and oxygen atoms in total. The van der Waals surface area contributed by atoms with Crippen LogP contribution in [0, 0.1) is 0 Å². The number of thiophene rings is 1. The lowest BCUT2D eigenvalue weighted by Crippen LogP contribution is -2.21. The van der Waals surface area contributed by atoms with Gasteiger partial charge in [0.2, 0.25) is 0 Å². The zero-order valence-corrected chi connectivity index (χ0v) is 14.2. The van der Waals surface area contributed by atoms with Crippen LogP contribution in [0.15, 0.2) is 34.8 Å². The van der Waals surface area contributed by atoms with Gasteiger partial charge in [0.25, 0.3) is 0 Å². The molecule has 0 radical (unpaired) electrons. The van der Waals surface area contributed by atoms with Crippen molar-refractivity contribution in [2.45, 2.75) is 6.54 Å². The molecule has 0 saturated heterocycles. The predicted molar refractivity (Wildman–Crippen MR) is 91.5 cm³/mol. The molecule has 19 heavy (non-hydrogen) atoms. The Balaban J connectivity index is 2.28. The molecular weight excluding hydrogens is 364 g/mol. The van der Waals surface area contributed by atoms with Crippen molar-refractivity contribution in [1.82, 2.24) is 0 Å². The van der Waals surface area contributed by atoms with Crippen molar-refractivity contribution in [1.29, 1.82) is 0 Å². The molecule has 2 aromatic rings. The average molecular weight is 376 g/mol. The SMILES string of the molecule is CN(Cc1ccc(Cl)s1)c1ccc(Br)cc1C(N)=S. The molecule has 0 aliphatic rings. The molecule has 0 atom stereocenters. The fourth-order valence-corrected chi connectivity index (χ4v) is 3.46. The summed E-state index contributed by atoms with van der Waals surface area (Å²) in [5.74, 6) is 0. The van der Waals surface area contributed by atoms with Gasteiger partial charge in [-0.15, -0.1) is 11.3 Å². The third kappa shape index (κ3) is 3.69. The smallest absolute Gasteiger partial charge is 0.106 e. The normalized spacial score (nSPS) is 10.5. The molecule has 0 saturated carbocycles. The van der Waals surface area contributed by atoms with Gasteiger partial charge in [-0.2, -0.15) is 0 Å². The number of anilines is 1. The molecule has 0 fully saturated rings. The first kappa shape index (κ1) is 14.8. The summed E-state index contributed by atoms with van der Waals surface area (Å²) in [5.41, 5.74) is 7.67. The molecule has 0 spiro atoms. The van der Waals surface area contributed by atoms with E-state index >= 15 is 0 Å². The van der Waals surface area contributed by atoms with Crippen LogP contribution in [0.4, 0.5) is 5.69 Å². The first-order chi connectivity index (χ1) is 8.97. The van der Waals surface area contributed by atoms with Crippen LogP contribution in [-0.4, -0.2) is 12.0 Å². The van der Waals surface area contributed by atoms with Crippen LogP contribution in [0.5, 0.6) is 0 Å². The molecule has 6 heteroatoms. The number of hydrogen-bond acceptors (Lipinski definition) is 3. The lowest BCUT2D eigenvalue weighted by molar-refractivity contribution is 0.938. The number of benzene rings is 1. The van der Waals surface area contributed by atoms with Crippen molar-refractivity contribution in [3.05, 3.63) is 49.6 Å². The third-order valence-electron chi connectivity index (χ3n) is 2.66. The van der Waals surface area contributed by atoms with Gasteiger partial charge in [-0.1, -0.05) is 39.7 Å². The lowest BCUT2D eigenvalue weighted by atomic mass is 10.1. The van der Waals surface area contributed by atoms with Crippen LogP contribution in [-0.2, 0) is 6.54 Å². The van der Waals surface area contributed by atoms with Gasteiger partial charge in [0.15, 0.2) is 0 Å². The minimum absolute atomic E-state index is 0.396. The molecular formula is C13H12BrClN2S2. The van der Waals surface area contributed by atoms with Crippen molar-refractivity contribution in [2.75, 3.05) is 11.9 Å². The predicted octanol–water partition coefficient (Wildman–Crippen LogP) is 4.43. The Bertz CT molecular complexity index is 612. The van der Waals surface area contributed by atoms with Gasteiger partial charge in [0.05, 0.1) is 10.9 Å². The molecule has 0 aliphatic carbocycles. The monoisotopic (exact) mass is 374 g/mol. The Morgan fingerprint density at radius 1 is 1.42 bits per heavy atom. The molecule has 0 amide bonds. The van der Waals surface area contributed by atoms with Gasteiger partial charge in [-0.3, -0.25) is 0 Å². The maximum Gasteiger partial charge on any atom is 0.106 e. The second kappa shape index (κ2) is 6.22. The van der Waals surface area contributed by atoms with Gasteiger partial charge in [-0.05, 0) is 30.3 Å². The summed E-state index contributed by atoms with van der Waals surface area (Å²) in [7, 11) is 2.01. The van der Waals surface area contributed by atoms with E-state index in [0.29, 0.717) is 4.99 Å². The third-order valence-corrected chi connectivity index (χ3v) is 4.59. The molecule has 2 rings (SSSR count). The van der Waals surface area contributed by atoms with Crippen molar-refractivity contribution < 1.29 is 0 Å². The number of thiocarbonyl (C=S) groups is 1. The largest absolute Gasteiger partial charge is 0.389 e. The van der Waals surface area contributed by atoms with E-state index in [1.165, 1.54) is 4.88 Å². The van der Waals surface area contributed by atoms with E-state index in [0.717, 1.165) is 26.6 Å². The maximum absolute atomic E-state index is 5.95. The van der Waals surface area contributed by atoms with Crippen LogP contribution in [0.25, 0.3) is 0 Å². The molecule has 2 N–H and O–H groups in total. The summed E-state index contributed by atoms with van der Waals surface area (Å²) in [6.07, 6.45) is 0. The highest BCUT2D eigenvalue weighted by Gasteiger charge is 2.11. The van der Waals surface area contributed by atoms with E-state index in [1.807, 2.05) is 37.4 Å². The van der Waals surface area contributed by atoms with Crippen LogP contribution < -0.4 is 10.6 Å². The Labute approximate surface area is 135 Å². The quantitative estimate of drug-likeness (QED) is 0.801. The zero-order chi connectivity index (χ0) is 14.0. The van der Waals surface area contributed by atoms with E-state index in [2.05, 4.69) is 20.8 Å². The Kier molecular flexibility index (Phi) is 4.84. The number of halogens is 2. The summed E-state index contributed by atoms with van der Waals surface area (Å²) in [4.78, 5) is 3.71. The first-order valence-corrected chi connectivity index (χ1v) is 7.91. The Hall–Kier alpha value is -0.620. The van der Waals surface area contributed by atoms with Gasteiger partial charge in [0, 0.05) is 27.6 Å². The zero-order valence-electron chi connectivity index (χ0n) is 10.2. The summed E-state index contributed by atoms with van der Waals surface area (Å²) in [5, 5.41) is 0. The van der Waals surface area contributed by atoms with E-state index in [1.54, 1.807) is 11.3 Å². The summed E-state index contributed by atoms with van der Waals surface area (Å²) >= 11 is 16.1. The van der Waals surface area contributed by atoms with E-state index in [-0.39, 0.29) is 0 Å². The molecule has 100 valence electrons. The van der Waals surface area contributed by atoms with Gasteiger partial charge in [-0.25, -0.2) is 0 Å². The minimum Gasteiger partial charge on any atom is -0.389 e. The van der Waals surface area contributed by atoms with Gasteiger partial charge in [0.1, 0.15) is 4.99 Å². The molecule has 1 heterocycles. The second-order valence-electron chi connectivity index (χ2n) is 4.09. The van der Waals surface area contributed by atoms with Gasteiger partial charge < -0.3 is 10.6 Å². The van der Waals surface area contributed by atoms with Crippen molar-refractivity contribution in [2.24, 2.45) is 5.73 Å². The average Bonchev–Trinajstić information content (AvgIpc) is 2.74. The number of nitrogens with two attached hydrogens (primary N) is 1. The van der Waals surface area contributed by atoms with Gasteiger partial charge >= 0.3 is 0 Å². The van der Waals surface area contributed by atoms with Crippen LogP contribution in [0.3, 0.4) is 0 Å². The molecule has 1 aromatic carbocycles. The molecule has 0 aliphatic heterocycles. The Morgan fingerprint density at radius 3 is 2.74 bits per heavy atom. The van der Waals surface area contributed by atoms with E-state index in [9.17, 15) is 0 Å². The van der Waals surface area contributed by atoms with Crippen molar-refractivity contribution in [3.8, 4) is 0 Å². The summed E-state index contributed by atoms with van der Waals surface area (Å²) in [6, 6.07) is 9.87. The summed E-state index contributed by atoms with van der Waals surface area (Å²) < 4.78 is 1.76. The number of hydrogen-bond donors (Lipinski definition) is 1. The van der Waals surface area contributed by atoms with Crippen LogP contribution in [0.1, 0.15) is 10.4 Å². The topological polar surface area (TPSA) is 29.3 Å². The molecule has 1 aromatic heterocycles. The summed E-state index contributed by atoms with van der Waals surface area (Å²) in [6.45, 7) is 0.772. The highest BCUT2D eigenvalue weighted by molar-refractivity contribution is 9.10. The second-order valence-corrected chi connectivity index (χ2v) is 7.24. The fraction of sp³-hybridized carbons (Fsp3) is 0.154. The van der Waals surface area contributed by atoms with E-state index < -0.39 is 0 Å². The highest BCUT2D eigenvalue weighted by Crippen LogP contribution is 2.28. The van der Waals surface area contributed by atoms with Crippen molar-refractivity contribution >= 4 is 61.8 Å². The number of rotatable bonds is 4. The first-order valence-electron chi connectivity index (χ1n) is 5.52. The van der Waals surface area contributed by atoms with Crippen LogP contribution >= 0.6 is 51.1 Å². The molecule has 0 bridgehead atoms. The standard InChI is InChI=1S/C13H12BrClN2S2/c1-17(7-9-3-5-12(15)19-9)11-4-2-8(14)6-10(11)13(16)18/h2-6H,7H2,1H3,(H2,16,18). The lowest BCUT2D eigenvalue weighted by Gasteiger charge is -2.21. The maximum atomic E-state index is 5.95. The number of nitrogens with zero attached hydrogens (tertiary/aromatic N) is 1. The minimum atomic E-state index is 0.396. The van der Waals surface area contributed by atoms with E-state index in [4.69, 9.17) is 29.6 Å². The van der Waals surface area contributed by atoms with Crippen molar-refractivity contribution in [3.63, 3.8) is 0 Å². The van der Waals surface area contributed by atoms with Crippen LogP contribution in [0.2, 0.25) is 4.34 Å². The highest BCUT2D eigenvalue weighted by atomic mass is 79.9. The molecule has 0 unspecified atom stereocenters. The fourth-order valence-electron chi connectivity index (χ4n) is 1.79.